The zero-order valence-corrected chi connectivity index (χ0v) is 53.5. The van der Waals surface area contributed by atoms with Crippen molar-refractivity contribution in [3.05, 3.63) is 370 Å². The van der Waals surface area contributed by atoms with E-state index >= 15 is 0 Å². The van der Waals surface area contributed by atoms with Gasteiger partial charge in [0.1, 0.15) is 0 Å². The summed E-state index contributed by atoms with van der Waals surface area (Å²) in [6.07, 6.45) is 3.87. The van der Waals surface area contributed by atoms with Crippen LogP contribution in [0.5, 0.6) is 0 Å². The van der Waals surface area contributed by atoms with Crippen LogP contribution in [0.2, 0.25) is 0 Å². The summed E-state index contributed by atoms with van der Waals surface area (Å²) in [5, 5.41) is 0. The Labute approximate surface area is 538 Å². The second kappa shape index (κ2) is 21.5. The highest BCUT2D eigenvalue weighted by Gasteiger charge is 2.49. The number of anilines is 6. The highest BCUT2D eigenvalue weighted by molar-refractivity contribution is 5.94. The minimum Gasteiger partial charge on any atom is -0.310 e. The average molecular weight is 1170 g/mol. The summed E-state index contributed by atoms with van der Waals surface area (Å²) in [6.45, 7) is 26.9. The number of fused-ring (bicyclic) bond motifs is 9. The minimum atomic E-state index is -0.600. The fourth-order valence-electron chi connectivity index (χ4n) is 15.6. The van der Waals surface area contributed by atoms with Crippen molar-refractivity contribution in [3.8, 4) is 33.4 Å². The zero-order chi connectivity index (χ0) is 62.6. The van der Waals surface area contributed by atoms with Crippen LogP contribution in [-0.4, -0.2) is 0 Å². The first-order valence-electron chi connectivity index (χ1n) is 32.2. The van der Waals surface area contributed by atoms with Crippen LogP contribution >= 0.6 is 0 Å². The molecule has 0 fully saturated rings. The van der Waals surface area contributed by atoms with Gasteiger partial charge in [-0.2, -0.15) is 0 Å². The Bertz CT molecular complexity index is 4500. The number of hydrogen-bond donors (Lipinski definition) is 0. The van der Waals surface area contributed by atoms with Gasteiger partial charge in [0.2, 0.25) is 0 Å². The van der Waals surface area contributed by atoms with E-state index in [2.05, 4.69) is 357 Å². The van der Waals surface area contributed by atoms with Crippen LogP contribution in [-0.2, 0) is 27.1 Å². The summed E-state index contributed by atoms with van der Waals surface area (Å²) in [4.78, 5) is 4.94. The molecule has 0 saturated carbocycles. The van der Waals surface area contributed by atoms with Crippen LogP contribution in [0.25, 0.3) is 45.5 Å². The highest BCUT2D eigenvalue weighted by Crippen LogP contribution is 2.61. The first kappa shape index (κ1) is 57.2. The lowest BCUT2D eigenvalue weighted by atomic mass is 9.67. The summed E-state index contributed by atoms with van der Waals surface area (Å²) in [7, 11) is 0. The van der Waals surface area contributed by atoms with Crippen LogP contribution in [0, 0.1) is 0 Å². The van der Waals surface area contributed by atoms with Gasteiger partial charge in [-0.05, 0) is 195 Å². The van der Waals surface area contributed by atoms with Gasteiger partial charge in [0.15, 0.2) is 0 Å². The molecule has 0 heterocycles. The molecular weight excluding hydrogens is 1100 g/mol. The topological polar surface area (TPSA) is 6.48 Å². The predicted molar refractivity (Wildman–Crippen MR) is 386 cm³/mol. The number of para-hydroxylation sites is 2. The third-order valence-electron chi connectivity index (χ3n) is 20.3. The lowest BCUT2D eigenvalue weighted by Crippen LogP contribution is -2.29. The van der Waals surface area contributed by atoms with Gasteiger partial charge in [-0.1, -0.05) is 287 Å². The minimum absolute atomic E-state index is 0.00856. The summed E-state index contributed by atoms with van der Waals surface area (Å²) in [5.74, 6) is 0. The molecule has 0 saturated heterocycles. The Morgan fingerprint density at radius 3 is 0.868 bits per heavy atom. The summed E-state index contributed by atoms with van der Waals surface area (Å²) in [6, 6.07) is 106. The molecule has 12 aromatic rings. The van der Waals surface area contributed by atoms with Gasteiger partial charge in [-0.15, -0.1) is 0 Å². The second-order valence-corrected chi connectivity index (χ2v) is 27.8. The van der Waals surface area contributed by atoms with Crippen LogP contribution in [0.3, 0.4) is 0 Å². The maximum absolute atomic E-state index is 4.14. The molecule has 442 valence electrons. The Balaban J connectivity index is 0.863. The number of rotatable bonds is 12. The Kier molecular flexibility index (Phi) is 13.5. The van der Waals surface area contributed by atoms with Crippen molar-refractivity contribution in [3.63, 3.8) is 0 Å². The van der Waals surface area contributed by atoms with E-state index in [1.165, 1.54) is 100 Å². The molecule has 3 aliphatic carbocycles. The van der Waals surface area contributed by atoms with E-state index in [0.717, 1.165) is 45.3 Å². The standard InChI is InChI=1S/C89H76N2/c1-11-59-31-35-63(36-32-59)88(65-43-39-61(40-44-65)85(3,4)5)79-29-21-19-27-73(79)77-53-49-71(57-83(77)88)90(67-23-15-13-16-24-67)69-47-51-75-76-52-48-70(56-82(76)87(9,10)81(75)55-69)91(68-25-17-14-18-26-68)72-50-54-78-74-28-20-22-30-80(74)89(84(78)58-72,64-37-33-60(12-2)34-38-64)66-45-41-62(42-46-66)86(6,7)8/h11-58H,1-2H2,3-10H3. The van der Waals surface area contributed by atoms with Crippen molar-refractivity contribution in [2.45, 2.75) is 82.5 Å². The molecule has 0 bridgehead atoms. The van der Waals surface area contributed by atoms with E-state index in [4.69, 9.17) is 0 Å². The van der Waals surface area contributed by atoms with E-state index < -0.39 is 10.8 Å². The third-order valence-corrected chi connectivity index (χ3v) is 20.3. The molecule has 0 radical (unpaired) electrons. The maximum Gasteiger partial charge on any atom is 0.0714 e. The Hall–Kier alpha value is -10.3. The number of benzene rings is 12. The SMILES string of the molecule is C=Cc1ccc(C2(c3ccc(C(C)(C)C)cc3)c3ccccc3-c3ccc(N(c4ccccc4)c4ccc5c(c4)C(C)(C)c4cc(N(c6ccccc6)c6ccc7c(c6)C(c6ccc(C=C)cc6)(c6ccc(C(C)(C)C)cc6)c6ccccc6-7)ccc4-5)cc32)cc1. The lowest BCUT2D eigenvalue weighted by Gasteiger charge is -2.35. The van der Waals surface area contributed by atoms with Crippen molar-refractivity contribution in [1.29, 1.82) is 0 Å². The van der Waals surface area contributed by atoms with Gasteiger partial charge < -0.3 is 9.80 Å². The monoisotopic (exact) mass is 1170 g/mol. The normalized spacial score (nSPS) is 16.4. The molecule has 15 rings (SSSR count). The van der Waals surface area contributed by atoms with Crippen molar-refractivity contribution in [2.75, 3.05) is 9.80 Å². The Morgan fingerprint density at radius 2 is 0.549 bits per heavy atom. The average Bonchev–Trinajstić information content (AvgIpc) is 1.57. The van der Waals surface area contributed by atoms with Crippen molar-refractivity contribution < 1.29 is 0 Å². The molecule has 0 amide bonds. The molecule has 2 nitrogen and oxygen atoms in total. The molecule has 0 N–H and O–H groups in total. The molecule has 12 aromatic carbocycles. The van der Waals surface area contributed by atoms with Gasteiger partial charge in [0.25, 0.3) is 0 Å². The largest absolute Gasteiger partial charge is 0.310 e. The summed E-state index contributed by atoms with van der Waals surface area (Å²) in [5.41, 5.74) is 30.1. The lowest BCUT2D eigenvalue weighted by molar-refractivity contribution is 0.589. The van der Waals surface area contributed by atoms with Gasteiger partial charge in [0.05, 0.1) is 10.8 Å². The van der Waals surface area contributed by atoms with Crippen LogP contribution < -0.4 is 9.80 Å². The van der Waals surface area contributed by atoms with Crippen LogP contribution in [0.1, 0.15) is 133 Å². The van der Waals surface area contributed by atoms with E-state index in [-0.39, 0.29) is 16.2 Å². The molecule has 91 heavy (non-hydrogen) atoms. The van der Waals surface area contributed by atoms with Gasteiger partial charge in [-0.3, -0.25) is 0 Å². The molecule has 2 atom stereocenters. The van der Waals surface area contributed by atoms with Crippen molar-refractivity contribution in [1.82, 2.24) is 0 Å². The van der Waals surface area contributed by atoms with E-state index in [1.807, 2.05) is 12.2 Å². The van der Waals surface area contributed by atoms with Crippen LogP contribution in [0.15, 0.2) is 292 Å². The molecule has 2 unspecified atom stereocenters. The van der Waals surface area contributed by atoms with Crippen LogP contribution in [0.4, 0.5) is 34.1 Å². The highest BCUT2D eigenvalue weighted by atomic mass is 15.1. The predicted octanol–water partition coefficient (Wildman–Crippen LogP) is 23.5. The van der Waals surface area contributed by atoms with E-state index in [9.17, 15) is 0 Å². The molecule has 0 aliphatic heterocycles. The molecule has 0 spiro atoms. The molecule has 2 heteroatoms. The fourth-order valence-corrected chi connectivity index (χ4v) is 15.6. The summed E-state index contributed by atoms with van der Waals surface area (Å²) >= 11 is 0. The van der Waals surface area contributed by atoms with Crippen molar-refractivity contribution in [2.24, 2.45) is 0 Å². The first-order valence-corrected chi connectivity index (χ1v) is 32.2. The third kappa shape index (κ3) is 8.97. The summed E-state index contributed by atoms with van der Waals surface area (Å²) < 4.78 is 0. The Morgan fingerprint density at radius 1 is 0.275 bits per heavy atom. The quantitative estimate of drug-likeness (QED) is 0.120. The van der Waals surface area contributed by atoms with E-state index in [1.54, 1.807) is 0 Å². The van der Waals surface area contributed by atoms with Gasteiger partial charge >= 0.3 is 0 Å². The second-order valence-electron chi connectivity index (χ2n) is 27.8. The van der Waals surface area contributed by atoms with Gasteiger partial charge in [-0.25, -0.2) is 0 Å². The zero-order valence-electron chi connectivity index (χ0n) is 53.5. The smallest absolute Gasteiger partial charge is 0.0714 e. The molecule has 3 aliphatic rings. The fraction of sp³-hybridized carbons (Fsp3) is 0.146. The first-order chi connectivity index (χ1) is 44.0. The van der Waals surface area contributed by atoms with Gasteiger partial charge in [0, 0.05) is 39.5 Å². The van der Waals surface area contributed by atoms with Crippen molar-refractivity contribution >= 4 is 46.3 Å². The molecular formula is C89H76N2. The maximum atomic E-state index is 4.14. The number of hydrogen-bond acceptors (Lipinski definition) is 2. The molecule has 0 aromatic heterocycles. The van der Waals surface area contributed by atoms with E-state index in [0.29, 0.717) is 0 Å². The number of nitrogens with zero attached hydrogens (tertiary/aromatic N) is 2.